The standard InChI is InChI=1S/C24H42/c1-4-6-8-10-12-14-15-17-19-21-23-24(3)22-20-18-16-13-11-9-7-5-2/h24H,4-19H2,1-3H3. The molecule has 0 amide bonds. The van der Waals surface area contributed by atoms with Gasteiger partial charge in [0.05, 0.1) is 5.92 Å². The highest BCUT2D eigenvalue weighted by atomic mass is 14.0. The van der Waals surface area contributed by atoms with Crippen LogP contribution in [0.5, 0.6) is 0 Å². The first kappa shape index (κ1) is 23.1. The van der Waals surface area contributed by atoms with Crippen LogP contribution in [0.15, 0.2) is 0 Å². The molecule has 0 saturated heterocycles. The molecule has 0 nitrogen and oxygen atoms in total. The van der Waals surface area contributed by atoms with E-state index in [4.69, 9.17) is 0 Å². The highest BCUT2D eigenvalue weighted by Crippen LogP contribution is 2.09. The highest BCUT2D eigenvalue weighted by Gasteiger charge is 1.92. The second-order valence-electron chi connectivity index (χ2n) is 7.11. The van der Waals surface area contributed by atoms with Crippen molar-refractivity contribution in [2.75, 3.05) is 0 Å². The van der Waals surface area contributed by atoms with Gasteiger partial charge >= 0.3 is 0 Å². The van der Waals surface area contributed by atoms with E-state index in [1.54, 1.807) is 0 Å². The Morgan fingerprint density at radius 1 is 0.500 bits per heavy atom. The molecule has 0 N–H and O–H groups in total. The van der Waals surface area contributed by atoms with Gasteiger partial charge in [0.25, 0.3) is 0 Å². The molecule has 0 heterocycles. The van der Waals surface area contributed by atoms with Crippen LogP contribution in [-0.4, -0.2) is 0 Å². The fourth-order valence-corrected chi connectivity index (χ4v) is 2.83. The molecular formula is C24H42. The Labute approximate surface area is 153 Å². The predicted molar refractivity (Wildman–Crippen MR) is 110 cm³/mol. The van der Waals surface area contributed by atoms with Crippen molar-refractivity contribution < 1.29 is 0 Å². The summed E-state index contributed by atoms with van der Waals surface area (Å²) in [6, 6.07) is 0. The molecule has 24 heavy (non-hydrogen) atoms. The SMILES string of the molecule is CCCCCCCCC#CC(C)C#CCCCCCCCCCC. The van der Waals surface area contributed by atoms with E-state index < -0.39 is 0 Å². The average molecular weight is 331 g/mol. The Morgan fingerprint density at radius 2 is 0.833 bits per heavy atom. The van der Waals surface area contributed by atoms with Gasteiger partial charge in [0.15, 0.2) is 0 Å². The third kappa shape index (κ3) is 19.2. The molecule has 0 spiro atoms. The van der Waals surface area contributed by atoms with Gasteiger partial charge in [-0.05, 0) is 19.8 Å². The van der Waals surface area contributed by atoms with Gasteiger partial charge in [0, 0.05) is 12.8 Å². The number of hydrogen-bond acceptors (Lipinski definition) is 0. The number of rotatable bonds is 14. The van der Waals surface area contributed by atoms with E-state index in [0.29, 0.717) is 0 Å². The molecule has 0 radical (unpaired) electrons. The van der Waals surface area contributed by atoms with E-state index in [-0.39, 0.29) is 5.92 Å². The molecule has 0 aromatic rings. The van der Waals surface area contributed by atoms with Crippen molar-refractivity contribution >= 4 is 0 Å². The zero-order chi connectivity index (χ0) is 17.7. The van der Waals surface area contributed by atoms with Crippen LogP contribution < -0.4 is 0 Å². The van der Waals surface area contributed by atoms with Crippen molar-refractivity contribution in [1.29, 1.82) is 0 Å². The first-order valence-corrected chi connectivity index (χ1v) is 10.8. The second-order valence-corrected chi connectivity index (χ2v) is 7.11. The van der Waals surface area contributed by atoms with Crippen molar-refractivity contribution in [2.45, 2.75) is 124 Å². The molecule has 1 atom stereocenters. The quantitative estimate of drug-likeness (QED) is 0.224. The van der Waals surface area contributed by atoms with Gasteiger partial charge in [0.1, 0.15) is 0 Å². The van der Waals surface area contributed by atoms with Gasteiger partial charge in [-0.1, -0.05) is 103 Å². The van der Waals surface area contributed by atoms with Crippen LogP contribution in [0.3, 0.4) is 0 Å². The number of unbranched alkanes of at least 4 members (excludes halogenated alkanes) is 14. The summed E-state index contributed by atoms with van der Waals surface area (Å²) >= 11 is 0. The minimum absolute atomic E-state index is 0.249. The first-order chi connectivity index (χ1) is 11.8. The summed E-state index contributed by atoms with van der Waals surface area (Å²) in [5.41, 5.74) is 0. The zero-order valence-electron chi connectivity index (χ0n) is 16.9. The van der Waals surface area contributed by atoms with E-state index in [9.17, 15) is 0 Å². The van der Waals surface area contributed by atoms with Crippen LogP contribution >= 0.6 is 0 Å². The summed E-state index contributed by atoms with van der Waals surface area (Å²) in [4.78, 5) is 0. The fraction of sp³-hybridized carbons (Fsp3) is 0.833. The summed E-state index contributed by atoms with van der Waals surface area (Å²) in [7, 11) is 0. The van der Waals surface area contributed by atoms with Crippen LogP contribution in [0.25, 0.3) is 0 Å². The molecule has 0 aromatic heterocycles. The summed E-state index contributed by atoms with van der Waals surface area (Å²) < 4.78 is 0. The maximum absolute atomic E-state index is 3.32. The minimum Gasteiger partial charge on any atom is -0.102 e. The smallest absolute Gasteiger partial charge is 0.0783 e. The fourth-order valence-electron chi connectivity index (χ4n) is 2.83. The maximum Gasteiger partial charge on any atom is 0.0783 e. The molecule has 0 fully saturated rings. The largest absolute Gasteiger partial charge is 0.102 e. The van der Waals surface area contributed by atoms with E-state index in [1.165, 1.54) is 89.9 Å². The monoisotopic (exact) mass is 330 g/mol. The van der Waals surface area contributed by atoms with Crippen LogP contribution in [0.4, 0.5) is 0 Å². The highest BCUT2D eigenvalue weighted by molar-refractivity contribution is 5.16. The summed E-state index contributed by atoms with van der Waals surface area (Å²) in [5, 5.41) is 0. The molecule has 138 valence electrons. The molecule has 0 aliphatic rings. The Morgan fingerprint density at radius 3 is 1.21 bits per heavy atom. The molecular weight excluding hydrogens is 288 g/mol. The second kappa shape index (κ2) is 20.2. The summed E-state index contributed by atoms with van der Waals surface area (Å²) in [5.74, 6) is 13.5. The van der Waals surface area contributed by atoms with Crippen LogP contribution in [0, 0.1) is 29.6 Å². The lowest BCUT2D eigenvalue weighted by atomic mass is 10.1. The molecule has 0 aliphatic heterocycles. The van der Waals surface area contributed by atoms with Crippen LogP contribution in [-0.2, 0) is 0 Å². The average Bonchev–Trinajstić information content (AvgIpc) is 2.59. The topological polar surface area (TPSA) is 0 Å². The van der Waals surface area contributed by atoms with Crippen LogP contribution in [0.2, 0.25) is 0 Å². The Kier molecular flexibility index (Phi) is 19.4. The summed E-state index contributed by atoms with van der Waals surface area (Å²) in [6.45, 7) is 6.68. The van der Waals surface area contributed by atoms with Crippen molar-refractivity contribution in [3.8, 4) is 23.7 Å². The van der Waals surface area contributed by atoms with Gasteiger partial charge in [-0.15, -0.1) is 11.8 Å². The third-order valence-electron chi connectivity index (χ3n) is 4.45. The molecule has 0 rings (SSSR count). The zero-order valence-corrected chi connectivity index (χ0v) is 16.9. The molecule has 0 saturated carbocycles. The maximum atomic E-state index is 3.32. The van der Waals surface area contributed by atoms with E-state index in [2.05, 4.69) is 44.5 Å². The van der Waals surface area contributed by atoms with Gasteiger partial charge in [-0.25, -0.2) is 0 Å². The Bertz CT molecular complexity index is 357. The van der Waals surface area contributed by atoms with Gasteiger partial charge in [-0.2, -0.15) is 0 Å². The molecule has 0 bridgehead atoms. The normalized spacial score (nSPS) is 11.3. The first-order valence-electron chi connectivity index (χ1n) is 10.8. The molecule has 1 unspecified atom stereocenters. The Balaban J connectivity index is 3.43. The lowest BCUT2D eigenvalue weighted by molar-refractivity contribution is 0.579. The molecule has 0 heteroatoms. The molecule has 0 aliphatic carbocycles. The third-order valence-corrected chi connectivity index (χ3v) is 4.45. The van der Waals surface area contributed by atoms with Crippen LogP contribution in [0.1, 0.15) is 124 Å². The van der Waals surface area contributed by atoms with Gasteiger partial charge in [-0.3, -0.25) is 0 Å². The lowest BCUT2D eigenvalue weighted by Crippen LogP contribution is -1.85. The Hall–Kier alpha value is -0.880. The van der Waals surface area contributed by atoms with Crippen molar-refractivity contribution in [3.63, 3.8) is 0 Å². The van der Waals surface area contributed by atoms with Gasteiger partial charge in [0.2, 0.25) is 0 Å². The van der Waals surface area contributed by atoms with Crippen molar-refractivity contribution in [3.05, 3.63) is 0 Å². The van der Waals surface area contributed by atoms with Crippen molar-refractivity contribution in [1.82, 2.24) is 0 Å². The van der Waals surface area contributed by atoms with Gasteiger partial charge < -0.3 is 0 Å². The van der Waals surface area contributed by atoms with E-state index >= 15 is 0 Å². The molecule has 0 aromatic carbocycles. The number of hydrogen-bond donors (Lipinski definition) is 0. The van der Waals surface area contributed by atoms with E-state index in [0.717, 1.165) is 12.8 Å². The van der Waals surface area contributed by atoms with Crippen molar-refractivity contribution in [2.24, 2.45) is 5.92 Å². The lowest BCUT2D eigenvalue weighted by Gasteiger charge is -1.99. The van der Waals surface area contributed by atoms with E-state index in [1.807, 2.05) is 0 Å². The predicted octanol–water partition coefficient (Wildman–Crippen LogP) is 7.91. The minimum atomic E-state index is 0.249. The summed E-state index contributed by atoms with van der Waals surface area (Å²) in [6.07, 6.45) is 21.2.